The number of amides is 2. The predicted molar refractivity (Wildman–Crippen MR) is 136 cm³/mol. The van der Waals surface area contributed by atoms with Crippen molar-refractivity contribution in [2.45, 2.75) is 19.1 Å². The second kappa shape index (κ2) is 13.1. The second-order valence-corrected chi connectivity index (χ2v) is 8.43. The molecule has 4 rings (SSSR count). The van der Waals surface area contributed by atoms with Gasteiger partial charge in [0.25, 0.3) is 11.8 Å². The maximum absolute atomic E-state index is 12.6. The molecule has 10 nitrogen and oxygen atoms in total. The monoisotopic (exact) mass is 500 g/mol. The van der Waals surface area contributed by atoms with Crippen molar-refractivity contribution in [3.05, 3.63) is 89.5 Å². The van der Waals surface area contributed by atoms with Crippen molar-refractivity contribution in [3.63, 3.8) is 0 Å². The highest BCUT2D eigenvalue weighted by Crippen LogP contribution is 2.09. The number of carbonyl (C=O) groups excluding carboxylic acids is 2. The van der Waals surface area contributed by atoms with E-state index in [0.717, 1.165) is 44.0 Å². The summed E-state index contributed by atoms with van der Waals surface area (Å²) in [5.41, 5.74) is 5.00. The van der Waals surface area contributed by atoms with E-state index in [9.17, 15) is 9.59 Å². The lowest BCUT2D eigenvalue weighted by Crippen LogP contribution is -2.48. The Morgan fingerprint density at radius 1 is 1.11 bits per heavy atom. The van der Waals surface area contributed by atoms with E-state index in [0.29, 0.717) is 5.56 Å². The van der Waals surface area contributed by atoms with Gasteiger partial charge in [-0.3, -0.25) is 24.4 Å². The zero-order valence-electron chi connectivity index (χ0n) is 20.2. The quantitative estimate of drug-likeness (QED) is 0.243. The van der Waals surface area contributed by atoms with Crippen LogP contribution in [0.5, 0.6) is 0 Å². The van der Waals surface area contributed by atoms with Gasteiger partial charge in [0, 0.05) is 30.8 Å². The molecule has 0 radical (unpaired) electrons. The SMILES string of the molecule is O=C(N[C@@H](Cn1cncn1)C(=O)NO)c1ccc(C=CC#Cc2ccc(CN3CCOCC3)cc2)cc1. The summed E-state index contributed by atoms with van der Waals surface area (Å²) in [5, 5.41) is 15.5. The number of aromatic nitrogens is 3. The molecule has 3 N–H and O–H groups in total. The molecule has 0 unspecified atom stereocenters. The minimum absolute atomic E-state index is 0.0220. The van der Waals surface area contributed by atoms with Gasteiger partial charge in [-0.05, 0) is 47.5 Å². The average molecular weight is 501 g/mol. The molecule has 10 heteroatoms. The molecule has 2 heterocycles. The second-order valence-electron chi connectivity index (χ2n) is 8.43. The molecule has 0 bridgehead atoms. The molecule has 0 spiro atoms. The summed E-state index contributed by atoms with van der Waals surface area (Å²) < 4.78 is 6.78. The number of allylic oxidation sites excluding steroid dienone is 1. The van der Waals surface area contributed by atoms with Crippen LogP contribution >= 0.6 is 0 Å². The first-order valence-electron chi connectivity index (χ1n) is 11.8. The van der Waals surface area contributed by atoms with Crippen LogP contribution in [0.2, 0.25) is 0 Å². The number of carbonyl (C=O) groups is 2. The van der Waals surface area contributed by atoms with Crippen molar-refractivity contribution in [2.24, 2.45) is 0 Å². The van der Waals surface area contributed by atoms with Crippen LogP contribution in [0, 0.1) is 11.8 Å². The summed E-state index contributed by atoms with van der Waals surface area (Å²) in [5.74, 6) is 4.95. The molecule has 0 saturated carbocycles. The van der Waals surface area contributed by atoms with Crippen molar-refractivity contribution in [1.29, 1.82) is 0 Å². The first kappa shape index (κ1) is 25.8. The minimum atomic E-state index is -1.03. The van der Waals surface area contributed by atoms with Gasteiger partial charge in [-0.15, -0.1) is 0 Å². The Hall–Kier alpha value is -4.30. The number of hydroxylamine groups is 1. The van der Waals surface area contributed by atoms with Crippen LogP contribution in [-0.4, -0.2) is 69.0 Å². The molecule has 0 aliphatic carbocycles. The lowest BCUT2D eigenvalue weighted by Gasteiger charge is -2.26. The number of benzene rings is 2. The Morgan fingerprint density at radius 2 is 1.86 bits per heavy atom. The fourth-order valence-electron chi connectivity index (χ4n) is 3.75. The standard InChI is InChI=1S/C27H28N6O4/c34-26(30-25(27(35)31-36)18-33-20-28-19-29-33)24-11-9-22(10-12-24)4-2-1-3-21-5-7-23(8-6-21)17-32-13-15-37-16-14-32/h2,4-12,19-20,25,36H,13-18H2,(H,30,34)(H,31,35)/t25-/m0/s1. The fraction of sp³-hybridized carbons (Fsp3) is 0.259. The summed E-state index contributed by atoms with van der Waals surface area (Å²) in [7, 11) is 0. The van der Waals surface area contributed by atoms with Crippen LogP contribution in [0.3, 0.4) is 0 Å². The van der Waals surface area contributed by atoms with Gasteiger partial charge in [0.15, 0.2) is 0 Å². The first-order valence-corrected chi connectivity index (χ1v) is 11.8. The van der Waals surface area contributed by atoms with E-state index in [2.05, 4.69) is 44.3 Å². The lowest BCUT2D eigenvalue weighted by atomic mass is 10.1. The van der Waals surface area contributed by atoms with E-state index in [1.54, 1.807) is 35.8 Å². The number of hydrogen-bond acceptors (Lipinski definition) is 7. The van der Waals surface area contributed by atoms with Crippen molar-refractivity contribution in [2.75, 3.05) is 26.3 Å². The lowest BCUT2D eigenvalue weighted by molar-refractivity contribution is -0.131. The van der Waals surface area contributed by atoms with E-state index in [-0.39, 0.29) is 6.54 Å². The van der Waals surface area contributed by atoms with Crippen LogP contribution in [0.15, 0.2) is 67.3 Å². The van der Waals surface area contributed by atoms with Gasteiger partial charge in [0.2, 0.25) is 0 Å². The Kier molecular flexibility index (Phi) is 9.15. The highest BCUT2D eigenvalue weighted by Gasteiger charge is 2.22. The van der Waals surface area contributed by atoms with E-state index in [4.69, 9.17) is 9.94 Å². The molecular formula is C27H28N6O4. The molecule has 190 valence electrons. The number of nitrogens with one attached hydrogen (secondary N) is 2. The molecule has 1 aliphatic rings. The normalized spacial score (nSPS) is 14.5. The first-order chi connectivity index (χ1) is 18.1. The summed E-state index contributed by atoms with van der Waals surface area (Å²) >= 11 is 0. The molecule has 37 heavy (non-hydrogen) atoms. The van der Waals surface area contributed by atoms with Crippen LogP contribution in [-0.2, 0) is 22.6 Å². The van der Waals surface area contributed by atoms with E-state index >= 15 is 0 Å². The zero-order chi connectivity index (χ0) is 25.9. The maximum Gasteiger partial charge on any atom is 0.267 e. The van der Waals surface area contributed by atoms with Crippen LogP contribution in [0.1, 0.15) is 27.0 Å². The van der Waals surface area contributed by atoms with Crippen LogP contribution in [0.4, 0.5) is 0 Å². The predicted octanol–water partition coefficient (Wildman–Crippen LogP) is 1.48. The number of hydrogen-bond donors (Lipinski definition) is 3. The van der Waals surface area contributed by atoms with Gasteiger partial charge in [-0.2, -0.15) is 5.10 Å². The maximum atomic E-state index is 12.6. The number of rotatable bonds is 8. The molecule has 1 aliphatic heterocycles. The van der Waals surface area contributed by atoms with Gasteiger partial charge in [0.1, 0.15) is 18.7 Å². The Balaban J connectivity index is 1.29. The van der Waals surface area contributed by atoms with Crippen molar-refractivity contribution < 1.29 is 19.5 Å². The molecule has 2 aromatic carbocycles. The van der Waals surface area contributed by atoms with Crippen LogP contribution in [0.25, 0.3) is 6.08 Å². The summed E-state index contributed by atoms with van der Waals surface area (Å²) in [6.45, 7) is 4.45. The number of morpholine rings is 1. The Morgan fingerprint density at radius 3 is 2.54 bits per heavy atom. The van der Waals surface area contributed by atoms with Crippen molar-refractivity contribution in [3.8, 4) is 11.8 Å². The van der Waals surface area contributed by atoms with E-state index in [1.165, 1.54) is 22.9 Å². The smallest absolute Gasteiger partial charge is 0.267 e. The average Bonchev–Trinajstić information content (AvgIpc) is 3.45. The molecular weight excluding hydrogens is 472 g/mol. The summed E-state index contributed by atoms with van der Waals surface area (Å²) in [4.78, 5) is 30.7. The van der Waals surface area contributed by atoms with Gasteiger partial charge < -0.3 is 10.1 Å². The molecule has 1 atom stereocenters. The summed E-state index contributed by atoms with van der Waals surface area (Å²) in [6, 6.07) is 14.1. The fourth-order valence-corrected chi connectivity index (χ4v) is 3.75. The topological polar surface area (TPSA) is 122 Å². The third kappa shape index (κ3) is 7.85. The third-order valence-corrected chi connectivity index (χ3v) is 5.78. The minimum Gasteiger partial charge on any atom is -0.379 e. The molecule has 1 fully saturated rings. The zero-order valence-corrected chi connectivity index (χ0v) is 20.2. The van der Waals surface area contributed by atoms with E-state index in [1.807, 2.05) is 18.2 Å². The highest BCUT2D eigenvalue weighted by atomic mass is 16.5. The van der Waals surface area contributed by atoms with Gasteiger partial charge >= 0.3 is 0 Å². The molecule has 2 amide bonds. The molecule has 3 aromatic rings. The molecule has 1 aromatic heterocycles. The third-order valence-electron chi connectivity index (χ3n) is 5.78. The van der Waals surface area contributed by atoms with Crippen molar-refractivity contribution in [1.82, 2.24) is 30.5 Å². The van der Waals surface area contributed by atoms with E-state index < -0.39 is 17.9 Å². The van der Waals surface area contributed by atoms with Crippen molar-refractivity contribution >= 4 is 17.9 Å². The van der Waals surface area contributed by atoms with Gasteiger partial charge in [0.05, 0.1) is 19.8 Å². The Bertz CT molecular complexity index is 1250. The van der Waals surface area contributed by atoms with Gasteiger partial charge in [-0.1, -0.05) is 36.1 Å². The highest BCUT2D eigenvalue weighted by molar-refractivity contribution is 5.97. The summed E-state index contributed by atoms with van der Waals surface area (Å²) in [6.07, 6.45) is 6.34. The van der Waals surface area contributed by atoms with Crippen LogP contribution < -0.4 is 10.8 Å². The number of nitrogens with zero attached hydrogens (tertiary/aromatic N) is 4. The Labute approximate surface area is 214 Å². The largest absolute Gasteiger partial charge is 0.379 e. The molecule has 1 saturated heterocycles. The number of ether oxygens (including phenoxy) is 1. The van der Waals surface area contributed by atoms with Gasteiger partial charge in [-0.25, -0.2) is 10.5 Å².